The van der Waals surface area contributed by atoms with Gasteiger partial charge in [-0.25, -0.2) is 0 Å². The van der Waals surface area contributed by atoms with Crippen molar-refractivity contribution in [3.63, 3.8) is 0 Å². The van der Waals surface area contributed by atoms with Crippen LogP contribution in [0.25, 0.3) is 0 Å². The smallest absolute Gasteiger partial charge is 0.401 e. The molecule has 0 heterocycles. The molecule has 0 aliphatic rings. The molecule has 17 heavy (non-hydrogen) atoms. The molecule has 0 aliphatic heterocycles. The second kappa shape index (κ2) is 7.26. The largest absolute Gasteiger partial charge is 0.404 e. The van der Waals surface area contributed by atoms with Gasteiger partial charge in [0.1, 0.15) is 0 Å². The summed E-state index contributed by atoms with van der Waals surface area (Å²) >= 11 is 0. The van der Waals surface area contributed by atoms with Crippen LogP contribution in [0.4, 0.5) is 0 Å². The van der Waals surface area contributed by atoms with Crippen molar-refractivity contribution >= 4 is 56.7 Å². The molecule has 2 aromatic carbocycles. The fraction of sp³-hybridized carbons (Fsp3) is 0. The van der Waals surface area contributed by atoms with Crippen LogP contribution in [0, 0.1) is 0 Å². The van der Waals surface area contributed by atoms with E-state index in [4.69, 9.17) is 0 Å². The summed E-state index contributed by atoms with van der Waals surface area (Å²) in [5.41, 5.74) is 0. The van der Waals surface area contributed by atoms with E-state index in [0.717, 1.165) is 0 Å². The maximum absolute atomic E-state index is 10.2. The summed E-state index contributed by atoms with van der Waals surface area (Å²) in [4.78, 5) is 20.3. The van der Waals surface area contributed by atoms with Crippen LogP contribution >= 0.6 is 0 Å². The van der Waals surface area contributed by atoms with Gasteiger partial charge in [-0.2, -0.15) is 0 Å². The van der Waals surface area contributed by atoms with Crippen molar-refractivity contribution in [1.29, 1.82) is 0 Å². The zero-order chi connectivity index (χ0) is 10.7. The van der Waals surface area contributed by atoms with E-state index < -0.39 is 8.56 Å². The number of benzene rings is 2. The molecule has 0 aromatic heterocycles. The molecule has 0 spiro atoms. The average Bonchev–Trinajstić information content (AvgIpc) is 2.31. The maximum atomic E-state index is 10.2. The van der Waals surface area contributed by atoms with Crippen molar-refractivity contribution in [3.05, 3.63) is 60.7 Å². The van der Waals surface area contributed by atoms with E-state index in [1.165, 1.54) is 0 Å². The summed E-state index contributed by atoms with van der Waals surface area (Å²) < 4.78 is 0. The summed E-state index contributed by atoms with van der Waals surface area (Å²) in [6.45, 7) is 0. The van der Waals surface area contributed by atoms with Crippen molar-refractivity contribution in [2.24, 2.45) is 0 Å². The van der Waals surface area contributed by atoms with Gasteiger partial charge in [0, 0.05) is 37.7 Å². The Bertz CT molecular complexity index is 393. The van der Waals surface area contributed by atoms with Crippen molar-refractivity contribution in [2.45, 2.75) is 0 Å². The van der Waals surface area contributed by atoms with Gasteiger partial charge in [0.15, 0.2) is 0 Å². The molecule has 0 unspecified atom stereocenters. The second-order valence-electron chi connectivity index (χ2n) is 3.40. The van der Waals surface area contributed by atoms with E-state index in [0.29, 0.717) is 10.4 Å². The summed E-state index contributed by atoms with van der Waals surface area (Å²) in [5, 5.41) is 1.22. The molecule has 2 radical (unpaired) electrons. The van der Waals surface area contributed by atoms with E-state index in [9.17, 15) is 9.59 Å². The minimum absolute atomic E-state index is 0. The summed E-state index contributed by atoms with van der Waals surface area (Å²) in [6.07, 6.45) is 0. The molecule has 5 heteroatoms. The Morgan fingerprint density at radius 1 is 0.588 bits per heavy atom. The van der Waals surface area contributed by atoms with Gasteiger partial charge in [0.05, 0.1) is 0 Å². The average molecular weight is 230 g/mol. The van der Waals surface area contributed by atoms with Crippen LogP contribution < -0.4 is 10.4 Å². The van der Waals surface area contributed by atoms with Gasteiger partial charge >= 0.3 is 8.56 Å². The van der Waals surface area contributed by atoms with E-state index in [2.05, 4.69) is 0 Å². The number of hydrogen-bond acceptors (Lipinski definition) is 2. The SMILES string of the molecule is O[Si](O)(c1ccccc1)c1ccccc1.[Li].[Li]. The molecular weight excluding hydrogens is 218 g/mol. The van der Waals surface area contributed by atoms with Gasteiger partial charge in [0.2, 0.25) is 0 Å². The Morgan fingerprint density at radius 3 is 1.18 bits per heavy atom. The Kier molecular flexibility index (Phi) is 7.16. The molecule has 2 N–H and O–H groups in total. The number of hydrogen-bond donors (Lipinski definition) is 2. The minimum Gasteiger partial charge on any atom is -0.404 e. The molecule has 0 fully saturated rings. The van der Waals surface area contributed by atoms with Gasteiger partial charge in [-0.15, -0.1) is 0 Å². The van der Waals surface area contributed by atoms with Gasteiger partial charge < -0.3 is 9.59 Å². The van der Waals surface area contributed by atoms with Crippen LogP contribution in [0.1, 0.15) is 0 Å². The van der Waals surface area contributed by atoms with Gasteiger partial charge in [0.25, 0.3) is 0 Å². The van der Waals surface area contributed by atoms with Crippen LogP contribution in [0.3, 0.4) is 0 Å². The third-order valence-corrected chi connectivity index (χ3v) is 4.63. The predicted molar refractivity (Wildman–Crippen MR) is 73.9 cm³/mol. The second-order valence-corrected chi connectivity index (χ2v) is 5.90. The Hall–Kier alpha value is -0.228. The summed E-state index contributed by atoms with van der Waals surface area (Å²) in [7, 11) is -3.46. The number of rotatable bonds is 2. The first-order valence-electron chi connectivity index (χ1n) is 4.77. The molecule has 0 atom stereocenters. The van der Waals surface area contributed by atoms with E-state index in [1.54, 1.807) is 24.3 Å². The first-order valence-corrected chi connectivity index (χ1v) is 6.66. The Balaban J connectivity index is 0.00000128. The third kappa shape index (κ3) is 3.88. The van der Waals surface area contributed by atoms with E-state index >= 15 is 0 Å². The Labute approximate surface area is 126 Å². The molecule has 2 nitrogen and oxygen atoms in total. The maximum Gasteiger partial charge on any atom is 0.401 e. The van der Waals surface area contributed by atoms with Crippen molar-refractivity contribution < 1.29 is 9.59 Å². The molecule has 2 rings (SSSR count). The zero-order valence-electron chi connectivity index (χ0n) is 10.2. The van der Waals surface area contributed by atoms with Crippen molar-refractivity contribution in [2.75, 3.05) is 0 Å². The van der Waals surface area contributed by atoms with Crippen LogP contribution in [0.5, 0.6) is 0 Å². The van der Waals surface area contributed by atoms with E-state index in [-0.39, 0.29) is 37.7 Å². The minimum atomic E-state index is -3.46. The van der Waals surface area contributed by atoms with Gasteiger partial charge in [-0.1, -0.05) is 60.7 Å². The fourth-order valence-electron chi connectivity index (χ4n) is 1.51. The standard InChI is InChI=1S/C12H12O2Si.2Li/c13-15(14,11-7-3-1-4-8-11)12-9-5-2-6-10-12;;/h1-10,13-14H;;. The molecule has 0 saturated carbocycles. The van der Waals surface area contributed by atoms with Crippen LogP contribution in [-0.2, 0) is 0 Å². The zero-order valence-corrected chi connectivity index (χ0v) is 11.2. The normalized spacial score (nSPS) is 10.0. The predicted octanol–water partition coefficient (Wildman–Crippen LogP) is -0.534. The Morgan fingerprint density at radius 2 is 0.882 bits per heavy atom. The van der Waals surface area contributed by atoms with Crippen LogP contribution in [0.2, 0.25) is 0 Å². The molecule has 0 saturated heterocycles. The van der Waals surface area contributed by atoms with Crippen molar-refractivity contribution in [3.8, 4) is 0 Å². The quantitative estimate of drug-likeness (QED) is 0.681. The molecule has 0 bridgehead atoms. The monoisotopic (exact) mass is 230 g/mol. The first-order chi connectivity index (χ1) is 7.21. The molecule has 0 amide bonds. The third-order valence-electron chi connectivity index (χ3n) is 2.35. The molecule has 0 aliphatic carbocycles. The van der Waals surface area contributed by atoms with Crippen molar-refractivity contribution in [1.82, 2.24) is 0 Å². The molecular formula is C12H12Li2O2Si. The van der Waals surface area contributed by atoms with Gasteiger partial charge in [-0.3, -0.25) is 0 Å². The van der Waals surface area contributed by atoms with E-state index in [1.807, 2.05) is 36.4 Å². The topological polar surface area (TPSA) is 40.5 Å². The fourth-order valence-corrected chi connectivity index (χ4v) is 3.16. The molecule has 78 valence electrons. The summed E-state index contributed by atoms with van der Waals surface area (Å²) in [5.74, 6) is 0. The van der Waals surface area contributed by atoms with Gasteiger partial charge in [-0.05, 0) is 10.4 Å². The molecule has 2 aromatic rings. The first kappa shape index (κ1) is 16.8. The van der Waals surface area contributed by atoms with Crippen LogP contribution in [-0.4, -0.2) is 55.9 Å². The summed E-state index contributed by atoms with van der Waals surface area (Å²) in [6, 6.07) is 18.0. The van der Waals surface area contributed by atoms with Crippen LogP contribution in [0.15, 0.2) is 60.7 Å².